The van der Waals surface area contributed by atoms with Gasteiger partial charge in [-0.1, -0.05) is 37.6 Å². The number of hydrogen-bond acceptors (Lipinski definition) is 0. The average molecular weight is 350 g/mol. The molecule has 134 valence electrons. The molecule has 0 amide bonds. The van der Waals surface area contributed by atoms with Crippen molar-refractivity contribution in [3.05, 3.63) is 58.7 Å². The zero-order valence-electron chi connectivity index (χ0n) is 14.5. The summed E-state index contributed by atoms with van der Waals surface area (Å²) in [7, 11) is 0. The summed E-state index contributed by atoms with van der Waals surface area (Å²) in [5, 5.41) is 0. The van der Waals surface area contributed by atoms with Gasteiger partial charge in [-0.05, 0) is 55.6 Å². The van der Waals surface area contributed by atoms with Gasteiger partial charge in [0, 0.05) is 11.1 Å². The van der Waals surface area contributed by atoms with E-state index >= 15 is 0 Å². The quantitative estimate of drug-likeness (QED) is 0.528. The Balaban J connectivity index is 1.95. The summed E-state index contributed by atoms with van der Waals surface area (Å²) >= 11 is 0. The monoisotopic (exact) mass is 350 g/mol. The zero-order chi connectivity index (χ0) is 18.1. The third kappa shape index (κ3) is 3.31. The SMILES string of the molecule is CC[C@H]1CC[C@H](c2ccc(-c3ccc(C)c(F)c3F)c(F)c2F)CC1. The van der Waals surface area contributed by atoms with E-state index in [1.165, 1.54) is 31.2 Å². The highest BCUT2D eigenvalue weighted by Gasteiger charge is 2.26. The molecule has 0 radical (unpaired) electrons. The third-order valence-electron chi connectivity index (χ3n) is 5.54. The summed E-state index contributed by atoms with van der Waals surface area (Å²) in [5.74, 6) is -3.55. The van der Waals surface area contributed by atoms with Crippen LogP contribution in [0, 0.1) is 36.1 Å². The van der Waals surface area contributed by atoms with Crippen molar-refractivity contribution in [2.75, 3.05) is 0 Å². The van der Waals surface area contributed by atoms with Crippen LogP contribution in [-0.2, 0) is 0 Å². The summed E-state index contributed by atoms with van der Waals surface area (Å²) < 4.78 is 57.1. The van der Waals surface area contributed by atoms with E-state index in [1.807, 2.05) is 0 Å². The summed E-state index contributed by atoms with van der Waals surface area (Å²) in [5.41, 5.74) is -0.00383. The standard InChI is InChI=1S/C21H22F4/c1-3-13-5-7-14(8-6-13)15-10-11-17(21(25)19(15)23)16-9-4-12(2)18(22)20(16)24/h4,9-11,13-14H,3,5-8H2,1-2H3/t13-,14-. The lowest BCUT2D eigenvalue weighted by Crippen LogP contribution is -2.14. The highest BCUT2D eigenvalue weighted by atomic mass is 19.2. The predicted octanol–water partition coefficient (Wildman–Crippen LogP) is 6.90. The van der Waals surface area contributed by atoms with Crippen molar-refractivity contribution in [1.29, 1.82) is 0 Å². The van der Waals surface area contributed by atoms with Crippen LogP contribution in [0.15, 0.2) is 24.3 Å². The van der Waals surface area contributed by atoms with Crippen LogP contribution in [0.1, 0.15) is 56.1 Å². The molecule has 0 aliphatic heterocycles. The van der Waals surface area contributed by atoms with Crippen LogP contribution in [0.25, 0.3) is 11.1 Å². The van der Waals surface area contributed by atoms with Crippen molar-refractivity contribution in [3.63, 3.8) is 0 Å². The van der Waals surface area contributed by atoms with Crippen molar-refractivity contribution in [2.24, 2.45) is 5.92 Å². The smallest absolute Gasteiger partial charge is 0.167 e. The Bertz CT molecular complexity index is 774. The van der Waals surface area contributed by atoms with Crippen LogP contribution in [0.2, 0.25) is 0 Å². The minimum Gasteiger partial charge on any atom is -0.203 e. The summed E-state index contributed by atoms with van der Waals surface area (Å²) in [6, 6.07) is 5.55. The molecule has 0 aromatic heterocycles. The van der Waals surface area contributed by atoms with Gasteiger partial charge in [0.05, 0.1) is 0 Å². The average Bonchev–Trinajstić information content (AvgIpc) is 2.63. The second kappa shape index (κ2) is 7.19. The van der Waals surface area contributed by atoms with E-state index in [9.17, 15) is 17.6 Å². The van der Waals surface area contributed by atoms with Crippen molar-refractivity contribution in [2.45, 2.75) is 51.9 Å². The first-order valence-electron chi connectivity index (χ1n) is 8.86. The Morgan fingerprint density at radius 1 is 0.760 bits per heavy atom. The van der Waals surface area contributed by atoms with Crippen LogP contribution in [0.4, 0.5) is 17.6 Å². The highest BCUT2D eigenvalue weighted by Crippen LogP contribution is 2.40. The summed E-state index contributed by atoms with van der Waals surface area (Å²) in [6.45, 7) is 3.57. The van der Waals surface area contributed by atoms with Crippen LogP contribution < -0.4 is 0 Å². The lowest BCUT2D eigenvalue weighted by Gasteiger charge is -2.28. The Labute approximate surface area is 145 Å². The molecule has 0 heterocycles. The molecule has 0 spiro atoms. The normalized spacial score (nSPS) is 20.7. The minimum atomic E-state index is -1.14. The van der Waals surface area contributed by atoms with Crippen molar-refractivity contribution < 1.29 is 17.6 Å². The number of hydrogen-bond donors (Lipinski definition) is 0. The Morgan fingerprint density at radius 3 is 1.92 bits per heavy atom. The second-order valence-electron chi connectivity index (χ2n) is 7.01. The first-order chi connectivity index (χ1) is 11.9. The molecule has 1 fully saturated rings. The van der Waals surface area contributed by atoms with Gasteiger partial charge in [0.2, 0.25) is 0 Å². The molecule has 0 nitrogen and oxygen atoms in total. The lowest BCUT2D eigenvalue weighted by molar-refractivity contribution is 0.312. The Kier molecular flexibility index (Phi) is 5.16. The van der Waals surface area contributed by atoms with Crippen molar-refractivity contribution >= 4 is 0 Å². The van der Waals surface area contributed by atoms with Gasteiger partial charge in [-0.2, -0.15) is 0 Å². The van der Waals surface area contributed by atoms with Crippen LogP contribution in [0.5, 0.6) is 0 Å². The molecular formula is C21H22F4. The van der Waals surface area contributed by atoms with E-state index in [4.69, 9.17) is 0 Å². The largest absolute Gasteiger partial charge is 0.203 e. The maximum absolute atomic E-state index is 14.6. The molecule has 2 aromatic rings. The topological polar surface area (TPSA) is 0 Å². The van der Waals surface area contributed by atoms with Gasteiger partial charge in [0.1, 0.15) is 0 Å². The molecular weight excluding hydrogens is 328 g/mol. The molecule has 4 heteroatoms. The second-order valence-corrected chi connectivity index (χ2v) is 7.01. The zero-order valence-corrected chi connectivity index (χ0v) is 14.5. The van der Waals surface area contributed by atoms with Gasteiger partial charge in [0.15, 0.2) is 23.3 Å². The van der Waals surface area contributed by atoms with Gasteiger partial charge in [0.25, 0.3) is 0 Å². The van der Waals surface area contributed by atoms with E-state index in [2.05, 4.69) is 6.92 Å². The van der Waals surface area contributed by atoms with Gasteiger partial charge in [-0.25, -0.2) is 17.6 Å². The Hall–Kier alpha value is -1.84. The summed E-state index contributed by atoms with van der Waals surface area (Å²) in [4.78, 5) is 0. The maximum atomic E-state index is 14.6. The number of halogens is 4. The van der Waals surface area contributed by atoms with Crippen LogP contribution in [0.3, 0.4) is 0 Å². The molecule has 0 saturated heterocycles. The van der Waals surface area contributed by atoms with E-state index < -0.39 is 23.3 Å². The maximum Gasteiger partial charge on any atom is 0.167 e. The molecule has 0 atom stereocenters. The number of aryl methyl sites for hydroxylation is 1. The van der Waals surface area contributed by atoms with Gasteiger partial charge in [-0.15, -0.1) is 0 Å². The Morgan fingerprint density at radius 2 is 1.32 bits per heavy atom. The lowest BCUT2D eigenvalue weighted by atomic mass is 9.77. The van der Waals surface area contributed by atoms with Crippen LogP contribution in [-0.4, -0.2) is 0 Å². The number of benzene rings is 2. The molecule has 25 heavy (non-hydrogen) atoms. The first kappa shape index (κ1) is 18.0. The molecule has 0 unspecified atom stereocenters. The fraction of sp³-hybridized carbons (Fsp3) is 0.429. The molecule has 1 aliphatic carbocycles. The molecule has 1 saturated carbocycles. The third-order valence-corrected chi connectivity index (χ3v) is 5.54. The minimum absolute atomic E-state index is 0.00838. The van der Waals surface area contributed by atoms with E-state index in [1.54, 1.807) is 0 Å². The van der Waals surface area contributed by atoms with Crippen molar-refractivity contribution in [3.8, 4) is 11.1 Å². The van der Waals surface area contributed by atoms with E-state index in [-0.39, 0.29) is 22.6 Å². The molecule has 0 N–H and O–H groups in total. The van der Waals surface area contributed by atoms with Gasteiger partial charge < -0.3 is 0 Å². The fourth-order valence-electron chi connectivity index (χ4n) is 3.82. The molecule has 1 aliphatic rings. The molecule has 0 bridgehead atoms. The highest BCUT2D eigenvalue weighted by molar-refractivity contribution is 5.66. The molecule has 2 aromatic carbocycles. The van der Waals surface area contributed by atoms with Gasteiger partial charge in [-0.3, -0.25) is 0 Å². The van der Waals surface area contributed by atoms with Crippen LogP contribution >= 0.6 is 0 Å². The summed E-state index contributed by atoms with van der Waals surface area (Å²) in [6.07, 6.45) is 4.81. The number of rotatable bonds is 3. The fourth-order valence-corrected chi connectivity index (χ4v) is 3.82. The van der Waals surface area contributed by atoms with Gasteiger partial charge >= 0.3 is 0 Å². The predicted molar refractivity (Wildman–Crippen MR) is 91.4 cm³/mol. The van der Waals surface area contributed by atoms with Crippen molar-refractivity contribution in [1.82, 2.24) is 0 Å². The van der Waals surface area contributed by atoms with E-state index in [0.29, 0.717) is 11.5 Å². The first-order valence-corrected chi connectivity index (χ1v) is 8.86. The molecule has 3 rings (SSSR count). The van der Waals surface area contributed by atoms with E-state index in [0.717, 1.165) is 32.1 Å².